The molecule has 0 spiro atoms. The molecular weight excluding hydrogens is 424 g/mol. The van der Waals surface area contributed by atoms with Crippen molar-refractivity contribution in [2.24, 2.45) is 5.92 Å². The van der Waals surface area contributed by atoms with E-state index in [-0.39, 0.29) is 17.5 Å². The number of ether oxygens (including phenoxy) is 2. The molecule has 0 aliphatic heterocycles. The van der Waals surface area contributed by atoms with E-state index in [1.54, 1.807) is 31.5 Å². The molecular formula is C24H28N4O5. The highest BCUT2D eigenvalue weighted by atomic mass is 16.5. The lowest BCUT2D eigenvalue weighted by atomic mass is 10.0. The number of hydrogen-bond acceptors (Lipinski definition) is 7. The van der Waals surface area contributed by atoms with Crippen LogP contribution >= 0.6 is 0 Å². The van der Waals surface area contributed by atoms with Gasteiger partial charge in [0.25, 0.3) is 5.91 Å². The molecule has 9 heteroatoms. The maximum Gasteiger partial charge on any atom is 0.274 e. The van der Waals surface area contributed by atoms with Gasteiger partial charge in [-0.15, -0.1) is 0 Å². The highest BCUT2D eigenvalue weighted by Crippen LogP contribution is 2.33. The number of nitrogens with one attached hydrogen (secondary N) is 2. The molecule has 0 aliphatic carbocycles. The minimum atomic E-state index is -0.729. The minimum Gasteiger partial charge on any atom is -0.497 e. The lowest BCUT2D eigenvalue weighted by Crippen LogP contribution is -2.50. The number of carbonyl (C=O) groups excluding carboxylic acids is 2. The van der Waals surface area contributed by atoms with E-state index in [9.17, 15) is 9.59 Å². The Hall–Kier alpha value is -3.88. The summed E-state index contributed by atoms with van der Waals surface area (Å²) in [4.78, 5) is 29.7. The van der Waals surface area contributed by atoms with Gasteiger partial charge in [-0.1, -0.05) is 25.1 Å². The fourth-order valence-corrected chi connectivity index (χ4v) is 3.24. The predicted molar refractivity (Wildman–Crippen MR) is 122 cm³/mol. The van der Waals surface area contributed by atoms with Crippen LogP contribution in [0.15, 0.2) is 53.2 Å². The van der Waals surface area contributed by atoms with Gasteiger partial charge in [-0.2, -0.15) is 0 Å². The minimum absolute atomic E-state index is 0.0572. The second-order valence-corrected chi connectivity index (χ2v) is 7.70. The first-order chi connectivity index (χ1) is 15.9. The number of hydrogen-bond donors (Lipinski definition) is 2. The number of aromatic nitrogens is 2. The third kappa shape index (κ3) is 6.09. The Kier molecular flexibility index (Phi) is 8.01. The van der Waals surface area contributed by atoms with Crippen molar-refractivity contribution in [2.45, 2.75) is 26.3 Å². The van der Waals surface area contributed by atoms with Gasteiger partial charge < -0.3 is 24.6 Å². The van der Waals surface area contributed by atoms with Crippen molar-refractivity contribution in [3.8, 4) is 22.8 Å². The van der Waals surface area contributed by atoms with Crippen LogP contribution in [0.1, 0.15) is 30.0 Å². The number of rotatable bonds is 10. The number of pyridine rings is 1. The van der Waals surface area contributed by atoms with Crippen molar-refractivity contribution in [3.05, 3.63) is 60.0 Å². The number of carbonyl (C=O) groups is 2. The summed E-state index contributed by atoms with van der Waals surface area (Å²) in [6.45, 7) is 4.13. The van der Waals surface area contributed by atoms with Gasteiger partial charge >= 0.3 is 0 Å². The topological polar surface area (TPSA) is 116 Å². The zero-order valence-corrected chi connectivity index (χ0v) is 19.1. The van der Waals surface area contributed by atoms with E-state index >= 15 is 0 Å². The van der Waals surface area contributed by atoms with Crippen LogP contribution in [-0.4, -0.2) is 48.8 Å². The summed E-state index contributed by atoms with van der Waals surface area (Å²) < 4.78 is 16.0. The SMILES string of the molecule is COc1ccc(OC)c(-c2cc(C(=O)N[C@@H](C(=O)NCCc3ccccn3)C(C)C)no2)c1. The maximum absolute atomic E-state index is 12.8. The Morgan fingerprint density at radius 1 is 1.09 bits per heavy atom. The van der Waals surface area contributed by atoms with Crippen LogP contribution in [0.4, 0.5) is 0 Å². The molecule has 2 aromatic heterocycles. The largest absolute Gasteiger partial charge is 0.497 e. The third-order valence-electron chi connectivity index (χ3n) is 5.06. The van der Waals surface area contributed by atoms with E-state index in [1.807, 2.05) is 32.0 Å². The predicted octanol–water partition coefficient (Wildman–Crippen LogP) is 2.87. The highest BCUT2D eigenvalue weighted by Gasteiger charge is 2.26. The average Bonchev–Trinajstić information content (AvgIpc) is 3.32. The molecule has 0 saturated carbocycles. The smallest absolute Gasteiger partial charge is 0.274 e. The molecule has 9 nitrogen and oxygen atoms in total. The first-order valence-corrected chi connectivity index (χ1v) is 10.6. The number of nitrogens with zero attached hydrogens (tertiary/aromatic N) is 2. The molecule has 0 unspecified atom stereocenters. The van der Waals surface area contributed by atoms with E-state index in [4.69, 9.17) is 14.0 Å². The van der Waals surface area contributed by atoms with Gasteiger partial charge in [0.05, 0.1) is 19.8 Å². The Balaban J connectivity index is 1.66. The standard InChI is InChI=1S/C24H28N4O5/c1-15(2)22(24(30)26-12-10-16-7-5-6-11-25-16)27-23(29)19-14-21(33-28-19)18-13-17(31-3)8-9-20(18)32-4/h5-9,11,13-15,22H,10,12H2,1-4H3,(H,26,30)(H,27,29)/t22-/m1/s1. The molecule has 3 rings (SSSR count). The van der Waals surface area contributed by atoms with Crippen molar-refractivity contribution in [3.63, 3.8) is 0 Å². The van der Waals surface area contributed by atoms with E-state index in [2.05, 4.69) is 20.8 Å². The molecule has 2 N–H and O–H groups in total. The number of methoxy groups -OCH3 is 2. The van der Waals surface area contributed by atoms with Crippen LogP contribution in [0.3, 0.4) is 0 Å². The van der Waals surface area contributed by atoms with Gasteiger partial charge in [0.15, 0.2) is 11.5 Å². The summed E-state index contributed by atoms with van der Waals surface area (Å²) in [5, 5.41) is 9.49. The zero-order chi connectivity index (χ0) is 23.8. The molecule has 1 aromatic carbocycles. The van der Waals surface area contributed by atoms with Crippen molar-refractivity contribution in [1.82, 2.24) is 20.8 Å². The fraction of sp³-hybridized carbons (Fsp3) is 0.333. The summed E-state index contributed by atoms with van der Waals surface area (Å²) in [5.41, 5.74) is 1.53. The first-order valence-electron chi connectivity index (χ1n) is 10.6. The summed E-state index contributed by atoms with van der Waals surface area (Å²) in [6, 6.07) is 11.6. The van der Waals surface area contributed by atoms with Gasteiger partial charge in [0.2, 0.25) is 5.91 Å². The third-order valence-corrected chi connectivity index (χ3v) is 5.06. The molecule has 3 aromatic rings. The number of benzene rings is 1. The van der Waals surface area contributed by atoms with E-state index < -0.39 is 11.9 Å². The van der Waals surface area contributed by atoms with Crippen LogP contribution in [0, 0.1) is 5.92 Å². The highest BCUT2D eigenvalue weighted by molar-refractivity contribution is 5.96. The zero-order valence-electron chi connectivity index (χ0n) is 19.1. The Bertz CT molecular complexity index is 1080. The summed E-state index contributed by atoms with van der Waals surface area (Å²) in [7, 11) is 3.09. The van der Waals surface area contributed by atoms with Crippen LogP contribution in [0.5, 0.6) is 11.5 Å². The van der Waals surface area contributed by atoms with E-state index in [0.29, 0.717) is 35.8 Å². The molecule has 0 radical (unpaired) electrons. The van der Waals surface area contributed by atoms with Gasteiger partial charge in [-0.3, -0.25) is 14.6 Å². The summed E-state index contributed by atoms with van der Waals surface area (Å²) in [6.07, 6.45) is 2.31. The first kappa shape index (κ1) is 23.8. The van der Waals surface area contributed by atoms with Crippen molar-refractivity contribution < 1.29 is 23.6 Å². The molecule has 33 heavy (non-hydrogen) atoms. The van der Waals surface area contributed by atoms with Crippen molar-refractivity contribution in [1.29, 1.82) is 0 Å². The van der Waals surface area contributed by atoms with Gasteiger partial charge in [-0.05, 0) is 36.2 Å². The molecule has 174 valence electrons. The van der Waals surface area contributed by atoms with E-state index in [1.165, 1.54) is 13.2 Å². The quantitative estimate of drug-likeness (QED) is 0.486. The molecule has 0 aliphatic rings. The molecule has 0 fully saturated rings. The van der Waals surface area contributed by atoms with Crippen molar-refractivity contribution in [2.75, 3.05) is 20.8 Å². The molecule has 0 bridgehead atoms. The second-order valence-electron chi connectivity index (χ2n) is 7.70. The molecule has 2 heterocycles. The van der Waals surface area contributed by atoms with Gasteiger partial charge in [0.1, 0.15) is 17.5 Å². The van der Waals surface area contributed by atoms with Gasteiger partial charge in [0, 0.05) is 30.9 Å². The fourth-order valence-electron chi connectivity index (χ4n) is 3.24. The Morgan fingerprint density at radius 3 is 2.58 bits per heavy atom. The monoisotopic (exact) mass is 452 g/mol. The van der Waals surface area contributed by atoms with E-state index in [0.717, 1.165) is 5.69 Å². The Morgan fingerprint density at radius 2 is 1.91 bits per heavy atom. The number of amides is 2. The van der Waals surface area contributed by atoms with Gasteiger partial charge in [-0.25, -0.2) is 0 Å². The van der Waals surface area contributed by atoms with Crippen LogP contribution in [-0.2, 0) is 11.2 Å². The molecule has 1 atom stereocenters. The lowest BCUT2D eigenvalue weighted by molar-refractivity contribution is -0.123. The van der Waals surface area contributed by atoms with Crippen LogP contribution in [0.25, 0.3) is 11.3 Å². The van der Waals surface area contributed by atoms with Crippen LogP contribution < -0.4 is 20.1 Å². The average molecular weight is 453 g/mol. The summed E-state index contributed by atoms with van der Waals surface area (Å²) in [5.74, 6) is 0.588. The van der Waals surface area contributed by atoms with Crippen molar-refractivity contribution >= 4 is 11.8 Å². The molecule has 0 saturated heterocycles. The maximum atomic E-state index is 12.8. The van der Waals surface area contributed by atoms with Crippen LogP contribution in [0.2, 0.25) is 0 Å². The lowest BCUT2D eigenvalue weighted by Gasteiger charge is -2.21. The normalized spacial score (nSPS) is 11.7. The second kappa shape index (κ2) is 11.1. The Labute approximate surface area is 192 Å². The molecule has 2 amide bonds. The summed E-state index contributed by atoms with van der Waals surface area (Å²) >= 11 is 0.